The topological polar surface area (TPSA) is 125 Å². The molecule has 124 valence electrons. The molecule has 1 rings (SSSR count). The van der Waals surface area contributed by atoms with Crippen molar-refractivity contribution in [3.05, 3.63) is 39.9 Å². The lowest BCUT2D eigenvalue weighted by Crippen LogP contribution is -2.46. The van der Waals surface area contributed by atoms with Gasteiger partial charge in [-0.05, 0) is 6.07 Å². The van der Waals surface area contributed by atoms with Crippen LogP contribution in [0.2, 0.25) is 0 Å². The summed E-state index contributed by atoms with van der Waals surface area (Å²) < 4.78 is 9.64. The van der Waals surface area contributed by atoms with Crippen molar-refractivity contribution in [3.63, 3.8) is 0 Å². The number of hydrogen-bond donors (Lipinski definition) is 1. The summed E-state index contributed by atoms with van der Waals surface area (Å²) in [5.74, 6) is -2.26. The second kappa shape index (κ2) is 7.87. The standard InChI is InChI=1S/C14H16N2O7/c1-8(17)15-12(14(19)22-3)13(23-9(2)18)10-6-4-5-7-11(10)16(20)21/h4-7,12-13H,1-3H3,(H,15,17)/t12-,13+/m0/s1. The van der Waals surface area contributed by atoms with Crippen LogP contribution in [0.3, 0.4) is 0 Å². The maximum Gasteiger partial charge on any atom is 0.332 e. The van der Waals surface area contributed by atoms with Crippen molar-refractivity contribution in [3.8, 4) is 0 Å². The Hall–Kier alpha value is -2.97. The first-order valence-corrected chi connectivity index (χ1v) is 6.53. The van der Waals surface area contributed by atoms with Gasteiger partial charge in [0.15, 0.2) is 12.1 Å². The Bertz CT molecular complexity index is 629. The fraction of sp³-hybridized carbons (Fsp3) is 0.357. The Morgan fingerprint density at radius 1 is 1.22 bits per heavy atom. The highest BCUT2D eigenvalue weighted by Gasteiger charge is 2.37. The van der Waals surface area contributed by atoms with E-state index < -0.39 is 34.9 Å². The molecule has 0 radical (unpaired) electrons. The van der Waals surface area contributed by atoms with Crippen LogP contribution in [0.25, 0.3) is 0 Å². The zero-order chi connectivity index (χ0) is 17.6. The lowest BCUT2D eigenvalue weighted by atomic mass is 10.00. The SMILES string of the molecule is COC(=O)[C@@H](NC(C)=O)[C@H](OC(C)=O)c1ccccc1[N+](=O)[O-]. The molecule has 0 heterocycles. The third-order valence-electron chi connectivity index (χ3n) is 2.85. The number of nitrogens with zero attached hydrogens (tertiary/aromatic N) is 1. The van der Waals surface area contributed by atoms with Gasteiger partial charge in [0, 0.05) is 19.9 Å². The van der Waals surface area contributed by atoms with Gasteiger partial charge in [0.2, 0.25) is 5.91 Å². The summed E-state index contributed by atoms with van der Waals surface area (Å²) in [6, 6.07) is 4.04. The Balaban J connectivity index is 3.42. The molecule has 1 N–H and O–H groups in total. The Morgan fingerprint density at radius 3 is 2.30 bits per heavy atom. The van der Waals surface area contributed by atoms with Gasteiger partial charge in [-0.3, -0.25) is 19.7 Å². The van der Waals surface area contributed by atoms with E-state index in [0.29, 0.717) is 0 Å². The summed E-state index contributed by atoms with van der Waals surface area (Å²) in [4.78, 5) is 45.1. The molecule has 23 heavy (non-hydrogen) atoms. The number of ether oxygens (including phenoxy) is 2. The van der Waals surface area contributed by atoms with Crippen LogP contribution in [0.5, 0.6) is 0 Å². The zero-order valence-corrected chi connectivity index (χ0v) is 12.8. The second-order valence-corrected chi connectivity index (χ2v) is 4.55. The molecule has 1 amide bonds. The maximum absolute atomic E-state index is 11.9. The molecule has 0 aromatic heterocycles. The number of nitro groups is 1. The smallest absolute Gasteiger partial charge is 0.332 e. The Labute approximate surface area is 131 Å². The minimum absolute atomic E-state index is 0.0307. The zero-order valence-electron chi connectivity index (χ0n) is 12.8. The molecule has 0 saturated heterocycles. The number of para-hydroxylation sites is 1. The summed E-state index contributed by atoms with van der Waals surface area (Å²) in [6.07, 6.45) is -1.40. The van der Waals surface area contributed by atoms with Crippen molar-refractivity contribution in [2.45, 2.75) is 26.0 Å². The highest BCUT2D eigenvalue weighted by atomic mass is 16.6. The van der Waals surface area contributed by atoms with Crippen LogP contribution < -0.4 is 5.32 Å². The minimum Gasteiger partial charge on any atom is -0.467 e. The van der Waals surface area contributed by atoms with E-state index in [2.05, 4.69) is 10.1 Å². The average Bonchev–Trinajstić information content (AvgIpc) is 2.49. The van der Waals surface area contributed by atoms with E-state index in [1.807, 2.05) is 0 Å². The molecule has 9 nitrogen and oxygen atoms in total. The quantitative estimate of drug-likeness (QED) is 0.467. The fourth-order valence-corrected chi connectivity index (χ4v) is 1.99. The van der Waals surface area contributed by atoms with Gasteiger partial charge in [-0.1, -0.05) is 12.1 Å². The lowest BCUT2D eigenvalue weighted by Gasteiger charge is -2.25. The van der Waals surface area contributed by atoms with Gasteiger partial charge in [0.1, 0.15) is 0 Å². The molecular formula is C14H16N2O7. The fourth-order valence-electron chi connectivity index (χ4n) is 1.99. The van der Waals surface area contributed by atoms with Crippen molar-refractivity contribution in [1.82, 2.24) is 5.32 Å². The molecule has 1 aromatic carbocycles. The number of nitrogens with one attached hydrogen (secondary N) is 1. The van der Waals surface area contributed by atoms with Crippen LogP contribution in [0, 0.1) is 10.1 Å². The summed E-state index contributed by atoms with van der Waals surface area (Å²) in [5.41, 5.74) is -0.380. The van der Waals surface area contributed by atoms with Crippen LogP contribution >= 0.6 is 0 Å². The lowest BCUT2D eigenvalue weighted by molar-refractivity contribution is -0.386. The van der Waals surface area contributed by atoms with Crippen LogP contribution in [0.4, 0.5) is 5.69 Å². The molecule has 9 heteroatoms. The molecule has 0 bridgehead atoms. The van der Waals surface area contributed by atoms with Crippen molar-refractivity contribution in [2.75, 3.05) is 7.11 Å². The normalized spacial score (nSPS) is 12.7. The number of esters is 2. The van der Waals surface area contributed by atoms with E-state index in [-0.39, 0.29) is 11.3 Å². The third-order valence-corrected chi connectivity index (χ3v) is 2.85. The number of carbonyl (C=O) groups excluding carboxylic acids is 3. The first-order chi connectivity index (χ1) is 10.8. The predicted molar refractivity (Wildman–Crippen MR) is 77.2 cm³/mol. The number of benzene rings is 1. The summed E-state index contributed by atoms with van der Waals surface area (Å²) >= 11 is 0. The van der Waals surface area contributed by atoms with Crippen LogP contribution in [-0.2, 0) is 23.9 Å². The van der Waals surface area contributed by atoms with E-state index >= 15 is 0 Å². The van der Waals surface area contributed by atoms with Crippen LogP contribution in [0.15, 0.2) is 24.3 Å². The van der Waals surface area contributed by atoms with Gasteiger partial charge in [0.25, 0.3) is 5.69 Å². The molecule has 0 aliphatic carbocycles. The van der Waals surface area contributed by atoms with Crippen molar-refractivity contribution in [1.29, 1.82) is 0 Å². The van der Waals surface area contributed by atoms with Crippen molar-refractivity contribution >= 4 is 23.5 Å². The maximum atomic E-state index is 11.9. The van der Waals surface area contributed by atoms with Crippen molar-refractivity contribution < 1.29 is 28.8 Å². The number of nitro benzene ring substituents is 1. The van der Waals surface area contributed by atoms with Crippen LogP contribution in [-0.4, -0.2) is 35.9 Å². The highest BCUT2D eigenvalue weighted by molar-refractivity contribution is 5.84. The van der Waals surface area contributed by atoms with Gasteiger partial charge < -0.3 is 14.8 Å². The van der Waals surface area contributed by atoms with Gasteiger partial charge in [-0.2, -0.15) is 0 Å². The predicted octanol–water partition coefficient (Wildman–Crippen LogP) is 0.877. The van der Waals surface area contributed by atoms with E-state index in [1.165, 1.54) is 24.3 Å². The summed E-state index contributed by atoms with van der Waals surface area (Å²) in [6.45, 7) is 2.24. The molecule has 2 atom stereocenters. The second-order valence-electron chi connectivity index (χ2n) is 4.55. The van der Waals surface area contributed by atoms with Gasteiger partial charge in [-0.15, -0.1) is 0 Å². The largest absolute Gasteiger partial charge is 0.467 e. The first kappa shape index (κ1) is 18.1. The first-order valence-electron chi connectivity index (χ1n) is 6.53. The molecule has 0 aliphatic heterocycles. The number of methoxy groups -OCH3 is 1. The van der Waals surface area contributed by atoms with Crippen LogP contribution in [0.1, 0.15) is 25.5 Å². The Kier molecular flexibility index (Phi) is 6.19. The monoisotopic (exact) mass is 324 g/mol. The molecule has 0 aliphatic rings. The van der Waals surface area contributed by atoms with E-state index in [9.17, 15) is 24.5 Å². The van der Waals surface area contributed by atoms with E-state index in [1.54, 1.807) is 0 Å². The Morgan fingerprint density at radius 2 is 1.83 bits per heavy atom. The molecule has 1 aromatic rings. The number of amides is 1. The number of hydrogen-bond acceptors (Lipinski definition) is 7. The van der Waals surface area contributed by atoms with Gasteiger partial charge >= 0.3 is 11.9 Å². The van der Waals surface area contributed by atoms with Gasteiger partial charge in [0.05, 0.1) is 17.6 Å². The molecular weight excluding hydrogens is 308 g/mol. The summed E-state index contributed by atoms with van der Waals surface area (Å²) in [5, 5.41) is 13.4. The molecule has 0 saturated carbocycles. The van der Waals surface area contributed by atoms with Gasteiger partial charge in [-0.25, -0.2) is 4.79 Å². The molecule has 0 fully saturated rings. The number of carbonyl (C=O) groups is 3. The van der Waals surface area contributed by atoms with E-state index in [0.717, 1.165) is 21.0 Å². The van der Waals surface area contributed by atoms with E-state index in [4.69, 9.17) is 4.74 Å². The minimum atomic E-state index is -1.41. The number of rotatable bonds is 6. The summed E-state index contributed by atoms with van der Waals surface area (Å²) in [7, 11) is 1.08. The van der Waals surface area contributed by atoms with Crippen molar-refractivity contribution in [2.24, 2.45) is 0 Å². The third kappa shape index (κ3) is 4.77. The molecule has 0 spiro atoms. The average molecular weight is 324 g/mol. The highest BCUT2D eigenvalue weighted by Crippen LogP contribution is 2.30. The molecule has 0 unspecified atom stereocenters.